The summed E-state index contributed by atoms with van der Waals surface area (Å²) in [4.78, 5) is 0. The number of hydrogen-bond donors (Lipinski definition) is 0. The number of aryl methyl sites for hydroxylation is 1. The molecule has 0 unspecified atom stereocenters. The van der Waals surface area contributed by atoms with Crippen LogP contribution in [0.5, 0.6) is 5.75 Å². The predicted molar refractivity (Wildman–Crippen MR) is 80.6 cm³/mol. The van der Waals surface area contributed by atoms with E-state index in [2.05, 4.69) is 0 Å². The highest BCUT2D eigenvalue weighted by Gasteiger charge is 2.24. The molecule has 0 atom stereocenters. The summed E-state index contributed by atoms with van der Waals surface area (Å²) in [5.74, 6) is 0.615. The maximum absolute atomic E-state index is 12.5. The first-order chi connectivity index (χ1) is 9.47. The van der Waals surface area contributed by atoms with Crippen molar-refractivity contribution in [2.24, 2.45) is 0 Å². The summed E-state index contributed by atoms with van der Waals surface area (Å²) in [6, 6.07) is 5.35. The molecule has 0 fully saturated rings. The van der Waals surface area contributed by atoms with Gasteiger partial charge in [0.1, 0.15) is 9.96 Å². The van der Waals surface area contributed by atoms with Gasteiger partial charge in [-0.3, -0.25) is 0 Å². The van der Waals surface area contributed by atoms with Gasteiger partial charge in [-0.1, -0.05) is 11.6 Å². The second-order valence-corrected chi connectivity index (χ2v) is 8.34. The SMILES string of the molecule is Cc1ccsc1S(=O)(=O)Cc1cc(Cl)cc2c1OCC2. The van der Waals surface area contributed by atoms with E-state index in [-0.39, 0.29) is 5.75 Å². The van der Waals surface area contributed by atoms with E-state index in [0.29, 0.717) is 27.2 Å². The van der Waals surface area contributed by atoms with E-state index in [1.807, 2.05) is 19.1 Å². The quantitative estimate of drug-likeness (QED) is 0.864. The molecule has 0 saturated carbocycles. The lowest BCUT2D eigenvalue weighted by Crippen LogP contribution is -2.05. The number of rotatable bonds is 3. The van der Waals surface area contributed by atoms with Crippen molar-refractivity contribution in [2.45, 2.75) is 23.3 Å². The molecule has 0 saturated heterocycles. The Balaban J connectivity index is 2.02. The Hall–Kier alpha value is -1.04. The molecule has 0 radical (unpaired) electrons. The van der Waals surface area contributed by atoms with E-state index in [1.165, 1.54) is 11.3 Å². The number of halogens is 1. The summed E-state index contributed by atoms with van der Waals surface area (Å²) >= 11 is 7.32. The largest absolute Gasteiger partial charge is 0.493 e. The number of ether oxygens (including phenoxy) is 1. The van der Waals surface area contributed by atoms with Crippen molar-refractivity contribution in [2.75, 3.05) is 6.61 Å². The number of thiophene rings is 1. The normalized spacial score (nSPS) is 14.1. The molecule has 106 valence electrons. The average molecular weight is 329 g/mol. The third kappa shape index (κ3) is 2.45. The van der Waals surface area contributed by atoms with Crippen LogP contribution in [-0.2, 0) is 22.0 Å². The van der Waals surface area contributed by atoms with Crippen molar-refractivity contribution in [3.63, 3.8) is 0 Å². The molecule has 1 aromatic carbocycles. The zero-order valence-corrected chi connectivity index (χ0v) is 13.2. The lowest BCUT2D eigenvalue weighted by Gasteiger charge is -2.09. The minimum Gasteiger partial charge on any atom is -0.493 e. The molecule has 0 amide bonds. The van der Waals surface area contributed by atoms with E-state index in [1.54, 1.807) is 11.4 Å². The molecule has 20 heavy (non-hydrogen) atoms. The Morgan fingerprint density at radius 3 is 2.90 bits per heavy atom. The highest BCUT2D eigenvalue weighted by Crippen LogP contribution is 2.35. The van der Waals surface area contributed by atoms with Crippen molar-refractivity contribution < 1.29 is 13.2 Å². The first kappa shape index (κ1) is 13.9. The predicted octanol–water partition coefficient (Wildman–Crippen LogP) is 3.62. The number of benzene rings is 1. The minimum absolute atomic E-state index is 0.0722. The van der Waals surface area contributed by atoms with Crippen LogP contribution in [0.1, 0.15) is 16.7 Å². The molecule has 3 rings (SSSR count). The standard InChI is InChI=1S/C14H13ClO3S2/c1-9-3-5-19-14(9)20(16,17)8-11-7-12(15)6-10-2-4-18-13(10)11/h3,5-7H,2,4,8H2,1H3. The van der Waals surface area contributed by atoms with Crippen LogP contribution in [0.15, 0.2) is 27.8 Å². The number of hydrogen-bond acceptors (Lipinski definition) is 4. The number of sulfone groups is 1. The maximum atomic E-state index is 12.5. The molecule has 1 aromatic heterocycles. The van der Waals surface area contributed by atoms with E-state index in [4.69, 9.17) is 16.3 Å². The number of fused-ring (bicyclic) bond motifs is 1. The van der Waals surface area contributed by atoms with Crippen LogP contribution in [0.2, 0.25) is 5.02 Å². The second kappa shape index (κ2) is 5.06. The van der Waals surface area contributed by atoms with Gasteiger partial charge in [-0.15, -0.1) is 11.3 Å². The van der Waals surface area contributed by atoms with Crippen LogP contribution in [0.25, 0.3) is 0 Å². The highest BCUT2D eigenvalue weighted by molar-refractivity contribution is 7.92. The van der Waals surface area contributed by atoms with Gasteiger partial charge in [0.25, 0.3) is 0 Å². The molecular formula is C14H13ClO3S2. The molecule has 3 nitrogen and oxygen atoms in total. The van der Waals surface area contributed by atoms with Crippen molar-refractivity contribution in [3.8, 4) is 5.75 Å². The van der Waals surface area contributed by atoms with Gasteiger partial charge in [-0.25, -0.2) is 8.42 Å². The minimum atomic E-state index is -3.36. The summed E-state index contributed by atoms with van der Waals surface area (Å²) < 4.78 is 31.0. The molecule has 2 aromatic rings. The second-order valence-electron chi connectivity index (χ2n) is 4.80. The van der Waals surface area contributed by atoms with Crippen LogP contribution in [0.3, 0.4) is 0 Å². The van der Waals surface area contributed by atoms with Gasteiger partial charge >= 0.3 is 0 Å². The maximum Gasteiger partial charge on any atom is 0.192 e. The smallest absolute Gasteiger partial charge is 0.192 e. The van der Waals surface area contributed by atoms with Gasteiger partial charge in [0, 0.05) is 17.0 Å². The molecular weight excluding hydrogens is 316 g/mol. The summed E-state index contributed by atoms with van der Waals surface area (Å²) in [6.45, 7) is 2.39. The Morgan fingerprint density at radius 2 is 2.20 bits per heavy atom. The van der Waals surface area contributed by atoms with Gasteiger partial charge in [-0.2, -0.15) is 0 Å². The third-order valence-electron chi connectivity index (χ3n) is 3.27. The van der Waals surface area contributed by atoms with E-state index >= 15 is 0 Å². The van der Waals surface area contributed by atoms with Crippen LogP contribution in [-0.4, -0.2) is 15.0 Å². The van der Waals surface area contributed by atoms with Gasteiger partial charge in [-0.05, 0) is 41.6 Å². The summed E-state index contributed by atoms with van der Waals surface area (Å²) in [5.41, 5.74) is 2.43. The lowest BCUT2D eigenvalue weighted by atomic mass is 10.1. The third-order valence-corrected chi connectivity index (χ3v) is 6.92. The summed E-state index contributed by atoms with van der Waals surface area (Å²) in [7, 11) is -3.36. The van der Waals surface area contributed by atoms with Crippen LogP contribution in [0.4, 0.5) is 0 Å². The molecule has 1 aliphatic heterocycles. The van der Waals surface area contributed by atoms with E-state index < -0.39 is 9.84 Å². The van der Waals surface area contributed by atoms with Gasteiger partial charge in [0.15, 0.2) is 9.84 Å². The molecule has 2 heterocycles. The van der Waals surface area contributed by atoms with Crippen molar-refractivity contribution >= 4 is 32.8 Å². The molecule has 0 N–H and O–H groups in total. The molecule has 6 heteroatoms. The Morgan fingerprint density at radius 1 is 1.40 bits per heavy atom. The van der Waals surface area contributed by atoms with E-state index in [0.717, 1.165) is 17.5 Å². The van der Waals surface area contributed by atoms with Crippen molar-refractivity contribution in [3.05, 3.63) is 45.3 Å². The average Bonchev–Trinajstić information content (AvgIpc) is 2.96. The zero-order valence-electron chi connectivity index (χ0n) is 10.8. The van der Waals surface area contributed by atoms with Gasteiger partial charge in [0.2, 0.25) is 0 Å². The van der Waals surface area contributed by atoms with Crippen LogP contribution < -0.4 is 4.74 Å². The summed E-state index contributed by atoms with van der Waals surface area (Å²) in [6.07, 6.45) is 0.779. The van der Waals surface area contributed by atoms with Gasteiger partial charge < -0.3 is 4.74 Å². The molecule has 0 aliphatic carbocycles. The zero-order chi connectivity index (χ0) is 14.3. The lowest BCUT2D eigenvalue weighted by molar-refractivity contribution is 0.354. The fourth-order valence-electron chi connectivity index (χ4n) is 2.40. The first-order valence-corrected chi connectivity index (χ1v) is 9.09. The molecule has 1 aliphatic rings. The summed E-state index contributed by atoms with van der Waals surface area (Å²) in [5, 5.41) is 2.35. The highest BCUT2D eigenvalue weighted by atomic mass is 35.5. The Kier molecular flexibility index (Phi) is 3.52. The monoisotopic (exact) mass is 328 g/mol. The fraction of sp³-hybridized carbons (Fsp3) is 0.286. The topological polar surface area (TPSA) is 43.4 Å². The fourth-order valence-corrected chi connectivity index (χ4v) is 5.56. The van der Waals surface area contributed by atoms with Crippen LogP contribution in [0, 0.1) is 6.92 Å². The molecule has 0 spiro atoms. The van der Waals surface area contributed by atoms with Crippen molar-refractivity contribution in [1.82, 2.24) is 0 Å². The van der Waals surface area contributed by atoms with E-state index in [9.17, 15) is 8.42 Å². The van der Waals surface area contributed by atoms with Crippen molar-refractivity contribution in [1.29, 1.82) is 0 Å². The molecule has 0 bridgehead atoms. The Labute approximate surface area is 127 Å². The first-order valence-electron chi connectivity index (χ1n) is 6.18. The van der Waals surface area contributed by atoms with Crippen LogP contribution >= 0.6 is 22.9 Å². The van der Waals surface area contributed by atoms with Gasteiger partial charge in [0.05, 0.1) is 12.4 Å². The Bertz CT molecular complexity index is 763.